The van der Waals surface area contributed by atoms with Crippen molar-refractivity contribution >= 4 is 5.69 Å². The van der Waals surface area contributed by atoms with E-state index in [0.717, 1.165) is 30.6 Å². The molecule has 1 heterocycles. The van der Waals surface area contributed by atoms with Crippen molar-refractivity contribution in [3.63, 3.8) is 0 Å². The van der Waals surface area contributed by atoms with Gasteiger partial charge in [0.15, 0.2) is 0 Å². The van der Waals surface area contributed by atoms with Gasteiger partial charge in [-0.25, -0.2) is 4.39 Å². The van der Waals surface area contributed by atoms with E-state index in [1.54, 1.807) is 6.07 Å². The molecule has 1 aromatic carbocycles. The second-order valence-electron chi connectivity index (χ2n) is 7.10. The molecule has 0 spiro atoms. The smallest absolute Gasteiger partial charge is 0.146 e. The molecular formula is C18H29FN2. The summed E-state index contributed by atoms with van der Waals surface area (Å²) < 4.78 is 14.5. The maximum absolute atomic E-state index is 14.5. The molecule has 1 aliphatic rings. The van der Waals surface area contributed by atoms with Crippen molar-refractivity contribution in [2.24, 2.45) is 0 Å². The molecule has 0 aromatic heterocycles. The molecule has 1 unspecified atom stereocenters. The van der Waals surface area contributed by atoms with Crippen molar-refractivity contribution in [3.8, 4) is 0 Å². The Balaban J connectivity index is 2.28. The van der Waals surface area contributed by atoms with E-state index in [4.69, 9.17) is 0 Å². The zero-order valence-electron chi connectivity index (χ0n) is 13.9. The molecule has 1 N–H and O–H groups in total. The monoisotopic (exact) mass is 292 g/mol. The van der Waals surface area contributed by atoms with Gasteiger partial charge >= 0.3 is 0 Å². The lowest BCUT2D eigenvalue weighted by Crippen LogP contribution is -2.41. The van der Waals surface area contributed by atoms with Crippen molar-refractivity contribution in [1.82, 2.24) is 5.32 Å². The maximum atomic E-state index is 14.5. The first-order valence-electron chi connectivity index (χ1n) is 8.21. The molecule has 1 fully saturated rings. The standard InChI is InChI=1S/C18H29FN2/c1-5-15-10-6-7-12-21(15)17-14(9-8-11-16(17)19)13-20-18(2,3)4/h8-9,11,15,20H,5-7,10,12-13H2,1-4H3. The van der Waals surface area contributed by atoms with Gasteiger partial charge in [0.05, 0.1) is 5.69 Å². The summed E-state index contributed by atoms with van der Waals surface area (Å²) in [6, 6.07) is 5.95. The molecule has 0 amide bonds. The van der Waals surface area contributed by atoms with Gasteiger partial charge in [-0.15, -0.1) is 0 Å². The van der Waals surface area contributed by atoms with Crippen LogP contribution in [0.2, 0.25) is 0 Å². The van der Waals surface area contributed by atoms with Crippen LogP contribution in [0, 0.1) is 5.82 Å². The second kappa shape index (κ2) is 6.78. The number of rotatable bonds is 4. The molecule has 1 atom stereocenters. The van der Waals surface area contributed by atoms with Gasteiger partial charge in [-0.3, -0.25) is 0 Å². The topological polar surface area (TPSA) is 15.3 Å². The van der Waals surface area contributed by atoms with Crippen LogP contribution in [0.15, 0.2) is 18.2 Å². The molecule has 1 aromatic rings. The molecule has 0 bridgehead atoms. The van der Waals surface area contributed by atoms with Gasteiger partial charge in [0, 0.05) is 24.7 Å². The third-order valence-electron chi connectivity index (χ3n) is 4.27. The van der Waals surface area contributed by atoms with Crippen molar-refractivity contribution in [2.45, 2.75) is 71.5 Å². The Morgan fingerprint density at radius 1 is 1.29 bits per heavy atom. The highest BCUT2D eigenvalue weighted by atomic mass is 19.1. The predicted octanol–water partition coefficient (Wildman–Crippen LogP) is 4.48. The molecule has 1 aliphatic heterocycles. The fraction of sp³-hybridized carbons (Fsp3) is 0.667. The van der Waals surface area contributed by atoms with E-state index in [0.29, 0.717) is 12.6 Å². The van der Waals surface area contributed by atoms with Crippen LogP contribution in [0.3, 0.4) is 0 Å². The van der Waals surface area contributed by atoms with Gasteiger partial charge in [0.1, 0.15) is 5.82 Å². The maximum Gasteiger partial charge on any atom is 0.146 e. The van der Waals surface area contributed by atoms with Gasteiger partial charge in [-0.2, -0.15) is 0 Å². The average molecular weight is 292 g/mol. The summed E-state index contributed by atoms with van der Waals surface area (Å²) in [5.74, 6) is -0.0800. The molecule has 0 radical (unpaired) electrons. The summed E-state index contributed by atoms with van der Waals surface area (Å²) in [5, 5.41) is 3.48. The number of hydrogen-bond donors (Lipinski definition) is 1. The van der Waals surface area contributed by atoms with Crippen LogP contribution in [-0.4, -0.2) is 18.1 Å². The van der Waals surface area contributed by atoms with Gasteiger partial charge < -0.3 is 10.2 Å². The van der Waals surface area contributed by atoms with E-state index >= 15 is 0 Å². The van der Waals surface area contributed by atoms with Crippen molar-refractivity contribution in [1.29, 1.82) is 0 Å². The summed E-state index contributed by atoms with van der Waals surface area (Å²) >= 11 is 0. The number of halogens is 1. The van der Waals surface area contributed by atoms with Crippen molar-refractivity contribution in [3.05, 3.63) is 29.6 Å². The second-order valence-corrected chi connectivity index (χ2v) is 7.10. The third kappa shape index (κ3) is 4.19. The Morgan fingerprint density at radius 3 is 2.71 bits per heavy atom. The Kier molecular flexibility index (Phi) is 5.26. The largest absolute Gasteiger partial charge is 0.366 e. The minimum absolute atomic E-state index is 0.0373. The van der Waals surface area contributed by atoms with E-state index in [1.807, 2.05) is 6.07 Å². The van der Waals surface area contributed by atoms with Crippen LogP contribution >= 0.6 is 0 Å². The summed E-state index contributed by atoms with van der Waals surface area (Å²) in [4.78, 5) is 2.30. The zero-order chi connectivity index (χ0) is 15.5. The van der Waals surface area contributed by atoms with E-state index in [9.17, 15) is 4.39 Å². The van der Waals surface area contributed by atoms with Crippen molar-refractivity contribution in [2.75, 3.05) is 11.4 Å². The molecule has 118 valence electrons. The van der Waals surface area contributed by atoms with E-state index in [-0.39, 0.29) is 11.4 Å². The fourth-order valence-electron chi connectivity index (χ4n) is 3.10. The molecule has 3 heteroatoms. The normalized spacial score (nSPS) is 19.9. The number of anilines is 1. The average Bonchev–Trinajstić information content (AvgIpc) is 2.44. The summed E-state index contributed by atoms with van der Waals surface area (Å²) in [6.07, 6.45) is 4.69. The van der Waals surface area contributed by atoms with Gasteiger partial charge in [-0.1, -0.05) is 19.1 Å². The lowest BCUT2D eigenvalue weighted by molar-refractivity contribution is 0.418. The lowest BCUT2D eigenvalue weighted by atomic mass is 9.97. The van der Waals surface area contributed by atoms with Crippen LogP contribution in [-0.2, 0) is 6.54 Å². The molecular weight excluding hydrogens is 263 g/mol. The Bertz CT molecular complexity index is 465. The SMILES string of the molecule is CCC1CCCCN1c1c(F)cccc1CNC(C)(C)C. The summed E-state index contributed by atoms with van der Waals surface area (Å²) in [5.41, 5.74) is 1.93. The molecule has 2 rings (SSSR count). The number of benzene rings is 1. The van der Waals surface area contributed by atoms with Crippen LogP contribution < -0.4 is 10.2 Å². The Labute approximate surface area is 128 Å². The first kappa shape index (κ1) is 16.3. The lowest BCUT2D eigenvalue weighted by Gasteiger charge is -2.38. The quantitative estimate of drug-likeness (QED) is 0.880. The predicted molar refractivity (Wildman–Crippen MR) is 88.3 cm³/mol. The third-order valence-corrected chi connectivity index (χ3v) is 4.27. The first-order chi connectivity index (χ1) is 9.92. The molecule has 2 nitrogen and oxygen atoms in total. The van der Waals surface area contributed by atoms with Gasteiger partial charge in [0.25, 0.3) is 0 Å². The number of hydrogen-bond acceptors (Lipinski definition) is 2. The highest BCUT2D eigenvalue weighted by Gasteiger charge is 2.25. The van der Waals surface area contributed by atoms with Crippen molar-refractivity contribution < 1.29 is 4.39 Å². The van der Waals surface area contributed by atoms with Crippen LogP contribution in [0.4, 0.5) is 10.1 Å². The molecule has 0 saturated carbocycles. The Hall–Kier alpha value is -1.09. The highest BCUT2D eigenvalue weighted by molar-refractivity contribution is 5.56. The fourth-order valence-corrected chi connectivity index (χ4v) is 3.10. The minimum atomic E-state index is -0.0800. The number of para-hydroxylation sites is 1. The van der Waals surface area contributed by atoms with Crippen LogP contribution in [0.25, 0.3) is 0 Å². The number of nitrogens with one attached hydrogen (secondary N) is 1. The Morgan fingerprint density at radius 2 is 2.05 bits per heavy atom. The van der Waals surface area contributed by atoms with E-state index < -0.39 is 0 Å². The molecule has 1 saturated heterocycles. The number of piperidine rings is 1. The van der Waals surface area contributed by atoms with Crippen LogP contribution in [0.1, 0.15) is 58.9 Å². The van der Waals surface area contributed by atoms with Crippen LogP contribution in [0.5, 0.6) is 0 Å². The first-order valence-corrected chi connectivity index (χ1v) is 8.21. The number of nitrogens with zero attached hydrogens (tertiary/aromatic N) is 1. The van der Waals surface area contributed by atoms with E-state index in [1.165, 1.54) is 12.8 Å². The van der Waals surface area contributed by atoms with E-state index in [2.05, 4.69) is 44.0 Å². The minimum Gasteiger partial charge on any atom is -0.366 e. The zero-order valence-corrected chi connectivity index (χ0v) is 13.9. The molecule has 0 aliphatic carbocycles. The van der Waals surface area contributed by atoms with Gasteiger partial charge in [-0.05, 0) is 58.1 Å². The summed E-state index contributed by atoms with van der Waals surface area (Å²) in [6.45, 7) is 10.3. The van der Waals surface area contributed by atoms with Gasteiger partial charge in [0.2, 0.25) is 0 Å². The molecule has 21 heavy (non-hydrogen) atoms. The summed E-state index contributed by atoms with van der Waals surface area (Å²) in [7, 11) is 0. The highest BCUT2D eigenvalue weighted by Crippen LogP contribution is 2.32.